The first kappa shape index (κ1) is 19.9. The molecule has 3 rings (SSSR count). The molecule has 2 aromatic heterocycles. The third-order valence-electron chi connectivity index (χ3n) is 3.86. The highest BCUT2D eigenvalue weighted by molar-refractivity contribution is 6.35. The summed E-state index contributed by atoms with van der Waals surface area (Å²) in [6, 6.07) is 10.7. The van der Waals surface area contributed by atoms with Crippen molar-refractivity contribution in [2.75, 3.05) is 7.11 Å². The highest BCUT2D eigenvalue weighted by Gasteiger charge is 2.12. The standard InChI is InChI=1S/C20H17Cl2N3O3/c1-27-18-7-13(4-5-17(18)28-12-14-3-2-6-23-9-14)10-25-20(26)15-8-19(22)24-11-16(15)21/h2-9,11H,10,12H2,1H3,(H,25,26). The van der Waals surface area contributed by atoms with E-state index in [2.05, 4.69) is 15.3 Å². The topological polar surface area (TPSA) is 73.3 Å². The number of amides is 1. The third-order valence-corrected chi connectivity index (χ3v) is 4.37. The number of nitrogens with one attached hydrogen (secondary N) is 1. The summed E-state index contributed by atoms with van der Waals surface area (Å²) in [4.78, 5) is 20.2. The maximum atomic E-state index is 12.3. The molecule has 0 saturated carbocycles. The molecule has 0 bridgehead atoms. The van der Waals surface area contributed by atoms with Crippen LogP contribution in [0.15, 0.2) is 55.0 Å². The van der Waals surface area contributed by atoms with Crippen LogP contribution in [0.25, 0.3) is 0 Å². The molecule has 0 aliphatic carbocycles. The fraction of sp³-hybridized carbons (Fsp3) is 0.150. The minimum absolute atomic E-state index is 0.200. The van der Waals surface area contributed by atoms with Crippen LogP contribution < -0.4 is 14.8 Å². The van der Waals surface area contributed by atoms with Crippen LogP contribution in [0.4, 0.5) is 0 Å². The van der Waals surface area contributed by atoms with E-state index in [1.54, 1.807) is 31.6 Å². The number of methoxy groups -OCH3 is 1. The zero-order valence-electron chi connectivity index (χ0n) is 15.0. The van der Waals surface area contributed by atoms with Gasteiger partial charge < -0.3 is 14.8 Å². The van der Waals surface area contributed by atoms with Gasteiger partial charge in [0.05, 0.1) is 17.7 Å². The molecule has 28 heavy (non-hydrogen) atoms. The molecule has 0 aliphatic heterocycles. The zero-order chi connectivity index (χ0) is 19.9. The van der Waals surface area contributed by atoms with Crippen LogP contribution in [0.1, 0.15) is 21.5 Å². The summed E-state index contributed by atoms with van der Waals surface area (Å²) in [5, 5.41) is 3.23. The number of aromatic nitrogens is 2. The van der Waals surface area contributed by atoms with Gasteiger partial charge in [-0.15, -0.1) is 0 Å². The summed E-state index contributed by atoms with van der Waals surface area (Å²) in [6.07, 6.45) is 4.79. The summed E-state index contributed by atoms with van der Waals surface area (Å²) in [6.45, 7) is 0.663. The lowest BCUT2D eigenvalue weighted by Crippen LogP contribution is -2.23. The zero-order valence-corrected chi connectivity index (χ0v) is 16.5. The van der Waals surface area contributed by atoms with Gasteiger partial charge in [0.2, 0.25) is 0 Å². The molecule has 144 valence electrons. The molecule has 0 aliphatic rings. The number of ether oxygens (including phenoxy) is 2. The number of hydrogen-bond acceptors (Lipinski definition) is 5. The predicted molar refractivity (Wildman–Crippen MR) is 107 cm³/mol. The van der Waals surface area contributed by atoms with Crippen molar-refractivity contribution in [3.8, 4) is 11.5 Å². The van der Waals surface area contributed by atoms with E-state index in [4.69, 9.17) is 32.7 Å². The number of rotatable bonds is 7. The minimum atomic E-state index is -0.342. The van der Waals surface area contributed by atoms with Crippen LogP contribution in [0.5, 0.6) is 11.5 Å². The first-order valence-corrected chi connectivity index (χ1v) is 9.10. The van der Waals surface area contributed by atoms with Crippen molar-refractivity contribution in [3.63, 3.8) is 0 Å². The molecule has 0 radical (unpaired) electrons. The monoisotopic (exact) mass is 417 g/mol. The summed E-state index contributed by atoms with van der Waals surface area (Å²) >= 11 is 11.8. The van der Waals surface area contributed by atoms with Gasteiger partial charge in [-0.3, -0.25) is 9.78 Å². The Hall–Kier alpha value is -2.83. The van der Waals surface area contributed by atoms with Gasteiger partial charge in [0.25, 0.3) is 5.91 Å². The van der Waals surface area contributed by atoms with E-state index in [0.717, 1.165) is 11.1 Å². The molecule has 8 heteroatoms. The maximum absolute atomic E-state index is 12.3. The van der Waals surface area contributed by atoms with Gasteiger partial charge >= 0.3 is 0 Å². The Morgan fingerprint density at radius 3 is 2.71 bits per heavy atom. The molecule has 0 atom stereocenters. The molecule has 3 aromatic rings. The van der Waals surface area contributed by atoms with Gasteiger partial charge in [-0.1, -0.05) is 35.3 Å². The first-order valence-electron chi connectivity index (χ1n) is 8.34. The summed E-state index contributed by atoms with van der Waals surface area (Å²) in [5.41, 5.74) is 2.06. The van der Waals surface area contributed by atoms with Crippen LogP contribution in [-0.4, -0.2) is 23.0 Å². The van der Waals surface area contributed by atoms with Crippen LogP contribution in [0.2, 0.25) is 10.2 Å². The lowest BCUT2D eigenvalue weighted by Gasteiger charge is -2.13. The van der Waals surface area contributed by atoms with Crippen LogP contribution in [-0.2, 0) is 13.2 Å². The van der Waals surface area contributed by atoms with E-state index in [1.165, 1.54) is 12.3 Å². The van der Waals surface area contributed by atoms with Crippen molar-refractivity contribution in [1.29, 1.82) is 0 Å². The Labute approximate surface area is 172 Å². The predicted octanol–water partition coefficient (Wildman–Crippen LogP) is 4.30. The molecule has 0 fully saturated rings. The fourth-order valence-corrected chi connectivity index (χ4v) is 2.80. The van der Waals surface area contributed by atoms with Gasteiger partial charge in [0, 0.05) is 30.7 Å². The number of benzene rings is 1. The van der Waals surface area contributed by atoms with Gasteiger partial charge in [0.15, 0.2) is 11.5 Å². The number of nitrogens with zero attached hydrogens (tertiary/aromatic N) is 2. The van der Waals surface area contributed by atoms with Gasteiger partial charge in [-0.2, -0.15) is 0 Å². The second-order valence-corrected chi connectivity index (χ2v) is 6.60. The average molecular weight is 418 g/mol. The molecule has 0 unspecified atom stereocenters. The molecule has 1 amide bonds. The average Bonchev–Trinajstić information content (AvgIpc) is 2.73. The first-order chi connectivity index (χ1) is 13.6. The smallest absolute Gasteiger partial charge is 0.253 e. The fourth-order valence-electron chi connectivity index (χ4n) is 2.45. The lowest BCUT2D eigenvalue weighted by molar-refractivity contribution is 0.0951. The van der Waals surface area contributed by atoms with Gasteiger partial charge in [0.1, 0.15) is 11.8 Å². The molecule has 2 heterocycles. The molecule has 1 aromatic carbocycles. The SMILES string of the molecule is COc1cc(CNC(=O)c2cc(Cl)ncc2Cl)ccc1OCc1cccnc1. The molecular weight excluding hydrogens is 401 g/mol. The van der Waals surface area contributed by atoms with E-state index in [-0.39, 0.29) is 28.2 Å². The second kappa shape index (κ2) is 9.39. The normalized spacial score (nSPS) is 10.4. The van der Waals surface area contributed by atoms with Crippen molar-refractivity contribution in [3.05, 3.63) is 81.9 Å². The highest BCUT2D eigenvalue weighted by atomic mass is 35.5. The second-order valence-electron chi connectivity index (χ2n) is 5.80. The Kier molecular flexibility index (Phi) is 6.68. The molecular formula is C20H17Cl2N3O3. The number of hydrogen-bond donors (Lipinski definition) is 1. The van der Waals surface area contributed by atoms with E-state index >= 15 is 0 Å². The van der Waals surface area contributed by atoms with Crippen LogP contribution >= 0.6 is 23.2 Å². The largest absolute Gasteiger partial charge is 0.493 e. The number of carbonyl (C=O) groups is 1. The van der Waals surface area contributed by atoms with E-state index in [1.807, 2.05) is 18.2 Å². The van der Waals surface area contributed by atoms with Crippen molar-refractivity contribution >= 4 is 29.1 Å². The van der Waals surface area contributed by atoms with Crippen molar-refractivity contribution in [2.45, 2.75) is 13.2 Å². The number of pyridine rings is 2. The molecule has 0 saturated heterocycles. The summed E-state index contributed by atoms with van der Waals surface area (Å²) in [5.74, 6) is 0.830. The van der Waals surface area contributed by atoms with Crippen molar-refractivity contribution in [1.82, 2.24) is 15.3 Å². The molecule has 6 nitrogen and oxygen atoms in total. The molecule has 0 spiro atoms. The molecule has 1 N–H and O–H groups in total. The quantitative estimate of drug-likeness (QED) is 0.580. The van der Waals surface area contributed by atoms with Crippen LogP contribution in [0, 0.1) is 0 Å². The lowest BCUT2D eigenvalue weighted by atomic mass is 10.2. The van der Waals surface area contributed by atoms with E-state index < -0.39 is 0 Å². The number of halogens is 2. The van der Waals surface area contributed by atoms with Crippen molar-refractivity contribution < 1.29 is 14.3 Å². The van der Waals surface area contributed by atoms with Gasteiger partial charge in [-0.25, -0.2) is 4.98 Å². The maximum Gasteiger partial charge on any atom is 0.253 e. The third kappa shape index (κ3) is 5.12. The van der Waals surface area contributed by atoms with E-state index in [0.29, 0.717) is 18.1 Å². The Morgan fingerprint density at radius 2 is 1.96 bits per heavy atom. The van der Waals surface area contributed by atoms with Gasteiger partial charge in [-0.05, 0) is 29.8 Å². The van der Waals surface area contributed by atoms with Crippen molar-refractivity contribution in [2.24, 2.45) is 0 Å². The minimum Gasteiger partial charge on any atom is -0.493 e. The highest BCUT2D eigenvalue weighted by Crippen LogP contribution is 2.29. The summed E-state index contributed by atoms with van der Waals surface area (Å²) < 4.78 is 11.2. The van der Waals surface area contributed by atoms with E-state index in [9.17, 15) is 4.79 Å². The Balaban J connectivity index is 1.64. The Morgan fingerprint density at radius 1 is 1.11 bits per heavy atom. The summed E-state index contributed by atoms with van der Waals surface area (Å²) in [7, 11) is 1.56. The number of carbonyl (C=O) groups excluding carboxylic acids is 1. The Bertz CT molecular complexity index is 968. The van der Waals surface area contributed by atoms with Crippen LogP contribution in [0.3, 0.4) is 0 Å².